The zero-order valence-electron chi connectivity index (χ0n) is 15.5. The lowest BCUT2D eigenvalue weighted by molar-refractivity contribution is 0.315. The van der Waals surface area contributed by atoms with Crippen LogP contribution in [0.2, 0.25) is 0 Å². The molecule has 0 radical (unpaired) electrons. The van der Waals surface area contributed by atoms with E-state index in [0.717, 1.165) is 28.2 Å². The van der Waals surface area contributed by atoms with Crippen molar-refractivity contribution < 1.29 is 9.84 Å². The second-order valence-corrected chi connectivity index (χ2v) is 6.79. The number of aryl methyl sites for hydroxylation is 3. The lowest BCUT2D eigenvalue weighted by Gasteiger charge is -2.31. The van der Waals surface area contributed by atoms with Crippen LogP contribution in [0, 0.1) is 20.8 Å². The van der Waals surface area contributed by atoms with Crippen LogP contribution in [0.3, 0.4) is 0 Å². The summed E-state index contributed by atoms with van der Waals surface area (Å²) in [4.78, 5) is 0. The first-order chi connectivity index (χ1) is 12.5. The second-order valence-electron chi connectivity index (χ2n) is 6.79. The van der Waals surface area contributed by atoms with Crippen molar-refractivity contribution >= 4 is 5.69 Å². The van der Waals surface area contributed by atoms with E-state index in [0.29, 0.717) is 12.4 Å². The molecule has 5 heteroatoms. The highest BCUT2D eigenvalue weighted by Gasteiger charge is 2.30. The first-order valence-corrected chi connectivity index (χ1v) is 8.88. The van der Waals surface area contributed by atoms with Gasteiger partial charge < -0.3 is 15.2 Å². The fraction of sp³-hybridized carbons (Fsp3) is 0.286. The van der Waals surface area contributed by atoms with Gasteiger partial charge in [-0.1, -0.05) is 23.8 Å². The molecule has 0 unspecified atom stereocenters. The molecule has 0 bridgehead atoms. The number of nitrogens with zero attached hydrogens (tertiary/aromatic N) is 2. The van der Waals surface area contributed by atoms with Crippen molar-refractivity contribution in [2.75, 3.05) is 11.9 Å². The smallest absolute Gasteiger partial charge is 0.165 e. The van der Waals surface area contributed by atoms with Crippen molar-refractivity contribution in [3.05, 3.63) is 58.8 Å². The number of benzene rings is 2. The zero-order valence-corrected chi connectivity index (χ0v) is 15.5. The van der Waals surface area contributed by atoms with Gasteiger partial charge in [0.1, 0.15) is 0 Å². The Labute approximate surface area is 153 Å². The van der Waals surface area contributed by atoms with E-state index in [9.17, 15) is 5.11 Å². The minimum atomic E-state index is -0.298. The minimum Gasteiger partial charge on any atom is -0.504 e. The maximum absolute atomic E-state index is 10.8. The summed E-state index contributed by atoms with van der Waals surface area (Å²) < 4.78 is 7.51. The Morgan fingerprint density at radius 3 is 2.77 bits per heavy atom. The van der Waals surface area contributed by atoms with Crippen molar-refractivity contribution in [2.45, 2.75) is 33.9 Å². The SMILES string of the molecule is CCOc1cccc([C@@H]2Nc3c(C)cc(C)cc3-c3cc(C)nn32)c1O. The van der Waals surface area contributed by atoms with E-state index in [-0.39, 0.29) is 11.9 Å². The predicted molar refractivity (Wildman–Crippen MR) is 103 cm³/mol. The lowest BCUT2D eigenvalue weighted by Crippen LogP contribution is -2.26. The number of hydrogen-bond acceptors (Lipinski definition) is 4. The number of phenols is 1. The number of aromatic hydroxyl groups is 1. The van der Waals surface area contributed by atoms with Gasteiger partial charge >= 0.3 is 0 Å². The van der Waals surface area contributed by atoms with Crippen LogP contribution in [0.1, 0.15) is 35.5 Å². The fourth-order valence-electron chi connectivity index (χ4n) is 3.72. The Kier molecular flexibility index (Phi) is 3.87. The molecule has 3 aromatic rings. The van der Waals surface area contributed by atoms with Crippen LogP contribution in [0.4, 0.5) is 5.69 Å². The van der Waals surface area contributed by atoms with Crippen molar-refractivity contribution in [3.63, 3.8) is 0 Å². The largest absolute Gasteiger partial charge is 0.504 e. The van der Waals surface area contributed by atoms with E-state index in [1.54, 1.807) is 6.07 Å². The van der Waals surface area contributed by atoms with Gasteiger partial charge in [-0.25, -0.2) is 4.68 Å². The zero-order chi connectivity index (χ0) is 18.4. The number of ether oxygens (including phenoxy) is 1. The Bertz CT molecular complexity index is 991. The van der Waals surface area contributed by atoms with Gasteiger partial charge in [0.05, 0.1) is 18.0 Å². The van der Waals surface area contributed by atoms with Gasteiger partial charge in [-0.05, 0) is 51.5 Å². The molecule has 0 fully saturated rings. The molecule has 0 amide bonds. The number of para-hydroxylation sites is 1. The number of rotatable bonds is 3. The fourth-order valence-corrected chi connectivity index (χ4v) is 3.72. The van der Waals surface area contributed by atoms with Gasteiger partial charge in [-0.15, -0.1) is 0 Å². The summed E-state index contributed by atoms with van der Waals surface area (Å²) in [5.74, 6) is 0.642. The van der Waals surface area contributed by atoms with Crippen molar-refractivity contribution in [2.24, 2.45) is 0 Å². The van der Waals surface area contributed by atoms with E-state index in [2.05, 4.69) is 42.5 Å². The van der Waals surface area contributed by atoms with Crippen LogP contribution in [0.25, 0.3) is 11.3 Å². The average Bonchev–Trinajstić information content (AvgIpc) is 2.98. The number of hydrogen-bond donors (Lipinski definition) is 2. The second kappa shape index (κ2) is 6.09. The Hall–Kier alpha value is -2.95. The van der Waals surface area contributed by atoms with E-state index >= 15 is 0 Å². The summed E-state index contributed by atoms with van der Waals surface area (Å²) in [6.07, 6.45) is -0.298. The molecule has 5 nitrogen and oxygen atoms in total. The Morgan fingerprint density at radius 2 is 2.00 bits per heavy atom. The molecule has 26 heavy (non-hydrogen) atoms. The first kappa shape index (κ1) is 16.5. The predicted octanol–water partition coefficient (Wildman–Crippen LogP) is 4.55. The van der Waals surface area contributed by atoms with Crippen LogP contribution in [0.15, 0.2) is 36.4 Å². The van der Waals surface area contributed by atoms with Crippen LogP contribution in [-0.2, 0) is 0 Å². The molecule has 0 saturated carbocycles. The molecule has 1 aromatic heterocycles. The van der Waals surface area contributed by atoms with Gasteiger partial charge in [0.25, 0.3) is 0 Å². The van der Waals surface area contributed by atoms with Gasteiger partial charge in [-0.3, -0.25) is 0 Å². The topological polar surface area (TPSA) is 59.3 Å². The monoisotopic (exact) mass is 349 g/mol. The summed E-state index contributed by atoms with van der Waals surface area (Å²) in [5.41, 5.74) is 7.34. The van der Waals surface area contributed by atoms with Gasteiger partial charge in [0.15, 0.2) is 17.7 Å². The van der Waals surface area contributed by atoms with E-state index in [1.807, 2.05) is 30.7 Å². The van der Waals surface area contributed by atoms with E-state index in [4.69, 9.17) is 4.74 Å². The standard InChI is InChI=1S/C21H23N3O2/c1-5-26-18-8-6-7-15(20(18)25)21-22-19-13(3)9-12(2)10-16(19)17-11-14(4)23-24(17)21/h6-11,21-22,25H,5H2,1-4H3/t21-/m1/s1. The number of anilines is 1. The van der Waals surface area contributed by atoms with Gasteiger partial charge in [-0.2, -0.15) is 5.10 Å². The molecular weight excluding hydrogens is 326 g/mol. The molecular formula is C21H23N3O2. The third-order valence-electron chi connectivity index (χ3n) is 4.76. The lowest BCUT2D eigenvalue weighted by atomic mass is 9.98. The molecule has 1 aliphatic heterocycles. The normalized spacial score (nSPS) is 15.2. The Balaban J connectivity index is 1.91. The molecule has 0 aliphatic carbocycles. The quantitative estimate of drug-likeness (QED) is 0.728. The average molecular weight is 349 g/mol. The maximum atomic E-state index is 10.8. The third-order valence-corrected chi connectivity index (χ3v) is 4.76. The molecule has 0 spiro atoms. The number of fused-ring (bicyclic) bond motifs is 3. The van der Waals surface area contributed by atoms with Crippen LogP contribution in [0.5, 0.6) is 11.5 Å². The van der Waals surface area contributed by atoms with Crippen molar-refractivity contribution in [1.82, 2.24) is 9.78 Å². The molecule has 1 atom stereocenters. The number of phenolic OH excluding ortho intramolecular Hbond substituents is 1. The summed E-state index contributed by atoms with van der Waals surface area (Å²) in [5, 5.41) is 19.0. The summed E-state index contributed by atoms with van der Waals surface area (Å²) in [6, 6.07) is 12.0. The summed E-state index contributed by atoms with van der Waals surface area (Å²) in [7, 11) is 0. The first-order valence-electron chi connectivity index (χ1n) is 8.88. The van der Waals surface area contributed by atoms with Crippen molar-refractivity contribution in [1.29, 1.82) is 0 Å². The number of aromatic nitrogens is 2. The molecule has 2 N–H and O–H groups in total. The maximum Gasteiger partial charge on any atom is 0.165 e. The molecule has 2 aromatic carbocycles. The molecule has 134 valence electrons. The van der Waals surface area contributed by atoms with Crippen molar-refractivity contribution in [3.8, 4) is 22.8 Å². The molecule has 4 rings (SSSR count). The molecule has 0 saturated heterocycles. The van der Waals surface area contributed by atoms with Gasteiger partial charge in [0, 0.05) is 16.8 Å². The summed E-state index contributed by atoms with van der Waals surface area (Å²) >= 11 is 0. The highest BCUT2D eigenvalue weighted by Crippen LogP contribution is 2.44. The van der Waals surface area contributed by atoms with Crippen LogP contribution >= 0.6 is 0 Å². The molecule has 2 heterocycles. The third kappa shape index (κ3) is 2.51. The van der Waals surface area contributed by atoms with E-state index < -0.39 is 0 Å². The summed E-state index contributed by atoms with van der Waals surface area (Å²) in [6.45, 7) is 8.60. The van der Waals surface area contributed by atoms with Crippen LogP contribution in [-0.4, -0.2) is 21.5 Å². The van der Waals surface area contributed by atoms with Gasteiger partial charge in [0.2, 0.25) is 0 Å². The minimum absolute atomic E-state index is 0.152. The highest BCUT2D eigenvalue weighted by molar-refractivity contribution is 5.82. The molecule has 1 aliphatic rings. The Morgan fingerprint density at radius 1 is 1.19 bits per heavy atom. The highest BCUT2D eigenvalue weighted by atomic mass is 16.5. The number of nitrogens with one attached hydrogen (secondary N) is 1. The van der Waals surface area contributed by atoms with E-state index in [1.165, 1.54) is 11.1 Å². The van der Waals surface area contributed by atoms with Crippen LogP contribution < -0.4 is 10.1 Å².